The Morgan fingerprint density at radius 2 is 2.00 bits per heavy atom. The number of hydrogen-bond acceptors (Lipinski definition) is 4. The first-order valence-corrected chi connectivity index (χ1v) is 7.00. The average molecular weight is 316 g/mol. The summed E-state index contributed by atoms with van der Waals surface area (Å²) in [5.74, 6) is -0.358. The van der Waals surface area contributed by atoms with Crippen molar-refractivity contribution >= 4 is 12.1 Å². The molecule has 0 bridgehead atoms. The van der Waals surface area contributed by atoms with E-state index in [9.17, 15) is 14.4 Å². The lowest BCUT2D eigenvalue weighted by molar-refractivity contribution is -0.403. The number of carbonyl (C=O) groups excluding carboxylic acids is 1. The molecule has 6 N–H and O–H groups in total. The molecule has 1 aromatic heterocycles. The number of hydrogen-bond donors (Lipinski definition) is 4. The maximum Gasteiger partial charge on any atom is 0.325 e. The van der Waals surface area contributed by atoms with E-state index in [-0.39, 0.29) is 11.5 Å². The van der Waals surface area contributed by atoms with Crippen LogP contribution in [0.3, 0.4) is 0 Å². The van der Waals surface area contributed by atoms with E-state index in [1.807, 2.05) is 30.3 Å². The van der Waals surface area contributed by atoms with Crippen LogP contribution in [0.5, 0.6) is 0 Å². The third kappa shape index (κ3) is 4.48. The molecular formula is C15H18N5O3+. The largest absolute Gasteiger partial charge is 0.347 e. The van der Waals surface area contributed by atoms with Gasteiger partial charge < -0.3 is 10.7 Å². The van der Waals surface area contributed by atoms with E-state index in [4.69, 9.17) is 0 Å². The van der Waals surface area contributed by atoms with Crippen LogP contribution in [-0.2, 0) is 11.2 Å². The molecule has 2 aromatic rings. The summed E-state index contributed by atoms with van der Waals surface area (Å²) in [4.78, 5) is 39.2. The highest BCUT2D eigenvalue weighted by Gasteiger charge is 2.17. The second-order valence-electron chi connectivity index (χ2n) is 5.07. The van der Waals surface area contributed by atoms with E-state index in [0.717, 1.165) is 5.56 Å². The Labute approximate surface area is 131 Å². The van der Waals surface area contributed by atoms with Crippen molar-refractivity contribution in [1.82, 2.24) is 15.4 Å². The van der Waals surface area contributed by atoms with Crippen LogP contribution in [0.15, 0.2) is 45.0 Å². The van der Waals surface area contributed by atoms with Crippen LogP contribution in [0.2, 0.25) is 0 Å². The standard InChI is InChI=1S/C15H17N5O3/c1-9-11(13(21)19-15(23)18-9)8-17-20-14(22)12(16)7-10-5-3-2-4-6-10/h2-6,8,12H,7,16H2,1H3,(H,20,22)(H2,18,19,21,23)/p+1/b17-8+/t12-/m0/s1. The molecule has 0 aliphatic rings. The van der Waals surface area contributed by atoms with Crippen LogP contribution in [0.25, 0.3) is 0 Å². The van der Waals surface area contributed by atoms with Crippen LogP contribution in [0, 0.1) is 6.92 Å². The fourth-order valence-electron chi connectivity index (χ4n) is 2.01. The molecule has 1 atom stereocenters. The molecule has 2 rings (SSSR count). The second-order valence-corrected chi connectivity index (χ2v) is 5.07. The summed E-state index contributed by atoms with van der Waals surface area (Å²) < 4.78 is 0. The van der Waals surface area contributed by atoms with Crippen molar-refractivity contribution in [1.29, 1.82) is 0 Å². The molecule has 8 nitrogen and oxygen atoms in total. The molecule has 8 heteroatoms. The summed E-state index contributed by atoms with van der Waals surface area (Å²) in [5.41, 5.74) is 6.53. The topological polar surface area (TPSA) is 135 Å². The molecular weight excluding hydrogens is 298 g/mol. The Morgan fingerprint density at radius 1 is 1.30 bits per heavy atom. The van der Waals surface area contributed by atoms with Gasteiger partial charge >= 0.3 is 5.69 Å². The molecule has 0 aliphatic carbocycles. The summed E-state index contributed by atoms with van der Waals surface area (Å²) >= 11 is 0. The third-order valence-electron chi connectivity index (χ3n) is 3.24. The monoisotopic (exact) mass is 316 g/mol. The predicted octanol–water partition coefficient (Wildman–Crippen LogP) is -1.33. The fourth-order valence-corrected chi connectivity index (χ4v) is 2.01. The van der Waals surface area contributed by atoms with Crippen LogP contribution >= 0.6 is 0 Å². The van der Waals surface area contributed by atoms with Crippen LogP contribution in [0.1, 0.15) is 16.8 Å². The third-order valence-corrected chi connectivity index (χ3v) is 3.24. The highest BCUT2D eigenvalue weighted by molar-refractivity contribution is 5.84. The van der Waals surface area contributed by atoms with Crippen molar-refractivity contribution in [2.45, 2.75) is 19.4 Å². The highest BCUT2D eigenvalue weighted by atomic mass is 16.2. The number of nitrogens with one attached hydrogen (secondary N) is 3. The minimum absolute atomic E-state index is 0.175. The van der Waals surface area contributed by atoms with Gasteiger partial charge in [0.25, 0.3) is 11.5 Å². The summed E-state index contributed by atoms with van der Waals surface area (Å²) in [5, 5.41) is 3.75. The Morgan fingerprint density at radius 3 is 2.65 bits per heavy atom. The SMILES string of the molecule is Cc1[nH]c(=O)[nH]c(=O)c1/C=N/NC(=O)[C@@H]([NH3+])Cc1ccccc1. The van der Waals surface area contributed by atoms with Crippen LogP contribution < -0.4 is 22.4 Å². The second kappa shape index (κ2) is 7.32. The zero-order valence-electron chi connectivity index (χ0n) is 12.6. The Hall–Kier alpha value is -3.00. The van der Waals surface area contributed by atoms with Crippen LogP contribution in [0.4, 0.5) is 0 Å². The molecule has 0 saturated heterocycles. The van der Waals surface area contributed by atoms with Gasteiger partial charge in [-0.3, -0.25) is 14.6 Å². The van der Waals surface area contributed by atoms with Crippen molar-refractivity contribution in [3.8, 4) is 0 Å². The molecule has 0 saturated carbocycles. The first-order valence-electron chi connectivity index (χ1n) is 7.00. The average Bonchev–Trinajstić information content (AvgIpc) is 2.50. The number of nitrogens with zero attached hydrogens (tertiary/aromatic N) is 1. The quantitative estimate of drug-likeness (QED) is 0.402. The first kappa shape index (κ1) is 16.4. The zero-order valence-corrected chi connectivity index (χ0v) is 12.6. The van der Waals surface area contributed by atoms with E-state index in [1.165, 1.54) is 6.21 Å². The minimum Gasteiger partial charge on any atom is -0.347 e. The van der Waals surface area contributed by atoms with E-state index < -0.39 is 17.3 Å². The fraction of sp³-hybridized carbons (Fsp3) is 0.200. The minimum atomic E-state index is -0.589. The van der Waals surface area contributed by atoms with E-state index in [2.05, 4.69) is 26.2 Å². The summed E-state index contributed by atoms with van der Waals surface area (Å²) in [6, 6.07) is 9.00. The molecule has 0 aliphatic heterocycles. The molecule has 0 radical (unpaired) electrons. The van der Waals surface area contributed by atoms with Crippen LogP contribution in [-0.4, -0.2) is 28.1 Å². The van der Waals surface area contributed by atoms with Gasteiger partial charge in [0.05, 0.1) is 11.8 Å². The van der Waals surface area contributed by atoms with Gasteiger partial charge in [0.2, 0.25) is 0 Å². The first-order chi connectivity index (χ1) is 11.0. The number of hydrazone groups is 1. The summed E-state index contributed by atoms with van der Waals surface area (Å²) in [6.45, 7) is 1.57. The number of carbonyl (C=O) groups is 1. The number of amides is 1. The molecule has 23 heavy (non-hydrogen) atoms. The molecule has 0 unspecified atom stereocenters. The lowest BCUT2D eigenvalue weighted by atomic mass is 10.1. The molecule has 1 amide bonds. The number of quaternary nitrogens is 1. The van der Waals surface area contributed by atoms with Crippen molar-refractivity contribution in [2.24, 2.45) is 5.10 Å². The van der Waals surface area contributed by atoms with Gasteiger partial charge in [-0.05, 0) is 12.5 Å². The lowest BCUT2D eigenvalue weighted by Gasteiger charge is -2.06. The molecule has 1 aromatic carbocycles. The van der Waals surface area contributed by atoms with Gasteiger partial charge in [0.15, 0.2) is 6.04 Å². The Bertz CT molecular complexity index is 823. The van der Waals surface area contributed by atoms with E-state index >= 15 is 0 Å². The van der Waals surface area contributed by atoms with Gasteiger partial charge in [0, 0.05) is 12.1 Å². The molecule has 0 spiro atoms. The van der Waals surface area contributed by atoms with Gasteiger partial charge in [-0.2, -0.15) is 5.10 Å². The van der Waals surface area contributed by atoms with Crippen molar-refractivity contribution in [3.05, 3.63) is 68.0 Å². The van der Waals surface area contributed by atoms with Crippen molar-refractivity contribution in [2.75, 3.05) is 0 Å². The predicted molar refractivity (Wildman–Crippen MR) is 85.0 cm³/mol. The number of aryl methyl sites for hydroxylation is 1. The Kier molecular flexibility index (Phi) is 5.21. The zero-order chi connectivity index (χ0) is 16.8. The number of H-pyrrole nitrogens is 2. The van der Waals surface area contributed by atoms with E-state index in [0.29, 0.717) is 12.1 Å². The smallest absolute Gasteiger partial charge is 0.325 e. The highest BCUT2D eigenvalue weighted by Crippen LogP contribution is 2.00. The summed E-state index contributed by atoms with van der Waals surface area (Å²) in [6.07, 6.45) is 1.68. The van der Waals surface area contributed by atoms with E-state index in [1.54, 1.807) is 6.92 Å². The van der Waals surface area contributed by atoms with Crippen molar-refractivity contribution in [3.63, 3.8) is 0 Å². The molecule has 120 valence electrons. The number of benzene rings is 1. The summed E-state index contributed by atoms with van der Waals surface area (Å²) in [7, 11) is 0. The normalized spacial score (nSPS) is 12.3. The van der Waals surface area contributed by atoms with Crippen molar-refractivity contribution < 1.29 is 10.5 Å². The maximum absolute atomic E-state index is 11.9. The van der Waals surface area contributed by atoms with Gasteiger partial charge in [0.1, 0.15) is 0 Å². The number of rotatable bonds is 5. The molecule has 0 fully saturated rings. The molecule has 1 heterocycles. The van der Waals surface area contributed by atoms with Gasteiger partial charge in [-0.25, -0.2) is 10.2 Å². The number of aromatic amines is 2. The maximum atomic E-state index is 11.9. The Balaban J connectivity index is 1.99. The number of aromatic nitrogens is 2. The van der Waals surface area contributed by atoms with Gasteiger partial charge in [-0.15, -0.1) is 0 Å². The van der Waals surface area contributed by atoms with Gasteiger partial charge in [-0.1, -0.05) is 30.3 Å². The lowest BCUT2D eigenvalue weighted by Crippen LogP contribution is -2.68.